The SMILES string of the molecule is COc1ccc(S(=O)(=O)c2ccc(OC)c(N=C=O)c2)cc1N=C=O. The average Bonchev–Trinajstić information content (AvgIpc) is 2.62. The number of ether oxygens (including phenoxy) is 2. The normalized spacial score (nSPS) is 10.3. The fraction of sp³-hybridized carbons (Fsp3) is 0.125. The molecule has 2 aromatic rings. The Labute approximate surface area is 143 Å². The lowest BCUT2D eigenvalue weighted by atomic mass is 10.3. The Kier molecular flexibility index (Phi) is 5.46. The minimum Gasteiger partial charge on any atom is -0.494 e. The van der Waals surface area contributed by atoms with Gasteiger partial charge in [-0.05, 0) is 36.4 Å². The molecule has 0 spiro atoms. The number of aliphatic imine (C=N–C) groups is 2. The van der Waals surface area contributed by atoms with Crippen LogP contribution >= 0.6 is 0 Å². The number of isocyanates is 2. The van der Waals surface area contributed by atoms with Crippen molar-refractivity contribution in [3.05, 3.63) is 36.4 Å². The van der Waals surface area contributed by atoms with Crippen LogP contribution in [0.4, 0.5) is 11.4 Å². The van der Waals surface area contributed by atoms with E-state index in [-0.39, 0.29) is 32.7 Å². The summed E-state index contributed by atoms with van der Waals surface area (Å²) in [7, 11) is -1.24. The molecule has 0 saturated heterocycles. The van der Waals surface area contributed by atoms with Gasteiger partial charge in [0.2, 0.25) is 22.0 Å². The molecule has 0 radical (unpaired) electrons. The molecular weight excluding hydrogens is 348 g/mol. The summed E-state index contributed by atoms with van der Waals surface area (Å²) in [6, 6.07) is 7.74. The van der Waals surface area contributed by atoms with E-state index in [4.69, 9.17) is 9.47 Å². The molecule has 2 rings (SSSR count). The van der Waals surface area contributed by atoms with Gasteiger partial charge in [-0.1, -0.05) is 0 Å². The number of nitrogens with zero attached hydrogens (tertiary/aromatic N) is 2. The van der Waals surface area contributed by atoms with Crippen LogP contribution in [-0.4, -0.2) is 34.8 Å². The Bertz CT molecular complexity index is 928. The first-order valence-electron chi connectivity index (χ1n) is 6.75. The van der Waals surface area contributed by atoms with Crippen LogP contribution in [0.25, 0.3) is 0 Å². The smallest absolute Gasteiger partial charge is 0.240 e. The zero-order valence-electron chi connectivity index (χ0n) is 13.2. The van der Waals surface area contributed by atoms with Crippen LogP contribution in [0.2, 0.25) is 0 Å². The highest BCUT2D eigenvalue weighted by Crippen LogP contribution is 2.35. The van der Waals surface area contributed by atoms with Gasteiger partial charge < -0.3 is 9.47 Å². The second-order valence-electron chi connectivity index (χ2n) is 4.58. The lowest BCUT2D eigenvalue weighted by Crippen LogP contribution is -2.02. The highest BCUT2D eigenvalue weighted by Gasteiger charge is 2.21. The van der Waals surface area contributed by atoms with Crippen LogP contribution in [0, 0.1) is 0 Å². The van der Waals surface area contributed by atoms with Crippen molar-refractivity contribution in [1.29, 1.82) is 0 Å². The van der Waals surface area contributed by atoms with Crippen molar-refractivity contribution >= 4 is 33.4 Å². The third-order valence-corrected chi connectivity index (χ3v) is 5.00. The van der Waals surface area contributed by atoms with Crippen molar-refractivity contribution < 1.29 is 27.5 Å². The zero-order chi connectivity index (χ0) is 18.4. The summed E-state index contributed by atoms with van der Waals surface area (Å²) in [5.74, 6) is 0.451. The highest BCUT2D eigenvalue weighted by molar-refractivity contribution is 7.91. The first kappa shape index (κ1) is 18.1. The van der Waals surface area contributed by atoms with Crippen LogP contribution in [-0.2, 0) is 19.4 Å². The van der Waals surface area contributed by atoms with E-state index in [0.717, 1.165) is 0 Å². The van der Waals surface area contributed by atoms with E-state index in [1.165, 1.54) is 62.8 Å². The summed E-state index contributed by atoms with van der Waals surface area (Å²) in [5.41, 5.74) is 0.0523. The first-order valence-corrected chi connectivity index (χ1v) is 8.23. The van der Waals surface area contributed by atoms with Gasteiger partial charge in [-0.3, -0.25) is 0 Å². The molecule has 0 aromatic heterocycles. The monoisotopic (exact) mass is 360 g/mol. The molecule has 25 heavy (non-hydrogen) atoms. The molecule has 0 aliphatic rings. The van der Waals surface area contributed by atoms with Crippen LogP contribution in [0.3, 0.4) is 0 Å². The topological polar surface area (TPSA) is 111 Å². The lowest BCUT2D eigenvalue weighted by molar-refractivity contribution is 0.415. The Hall–Kier alpha value is -3.25. The fourth-order valence-electron chi connectivity index (χ4n) is 2.08. The van der Waals surface area contributed by atoms with Gasteiger partial charge in [-0.15, -0.1) is 0 Å². The van der Waals surface area contributed by atoms with Crippen LogP contribution < -0.4 is 9.47 Å². The Morgan fingerprint density at radius 1 is 0.800 bits per heavy atom. The zero-order valence-corrected chi connectivity index (χ0v) is 14.0. The average molecular weight is 360 g/mol. The summed E-state index contributed by atoms with van der Waals surface area (Å²) < 4.78 is 35.6. The quantitative estimate of drug-likeness (QED) is 0.578. The molecule has 0 N–H and O–H groups in total. The van der Waals surface area contributed by atoms with Gasteiger partial charge in [-0.25, -0.2) is 18.0 Å². The molecule has 8 nitrogen and oxygen atoms in total. The molecule has 0 unspecified atom stereocenters. The largest absolute Gasteiger partial charge is 0.494 e. The second kappa shape index (κ2) is 7.55. The number of methoxy groups -OCH3 is 2. The van der Waals surface area contributed by atoms with Crippen molar-refractivity contribution in [2.45, 2.75) is 9.79 Å². The maximum absolute atomic E-state index is 12.8. The molecule has 0 atom stereocenters. The Morgan fingerprint density at radius 3 is 1.52 bits per heavy atom. The van der Waals surface area contributed by atoms with Crippen LogP contribution in [0.15, 0.2) is 56.2 Å². The molecule has 0 aliphatic carbocycles. The number of benzene rings is 2. The van der Waals surface area contributed by atoms with E-state index in [0.29, 0.717) is 0 Å². The van der Waals surface area contributed by atoms with Gasteiger partial charge in [-0.2, -0.15) is 9.98 Å². The Morgan fingerprint density at radius 2 is 1.20 bits per heavy atom. The summed E-state index contributed by atoms with van der Waals surface area (Å²) in [5, 5.41) is 0. The van der Waals surface area contributed by atoms with Gasteiger partial charge in [0.15, 0.2) is 0 Å². The molecule has 0 heterocycles. The Balaban J connectivity index is 2.63. The van der Waals surface area contributed by atoms with E-state index in [2.05, 4.69) is 9.98 Å². The first-order chi connectivity index (χ1) is 12.0. The van der Waals surface area contributed by atoms with Crippen molar-refractivity contribution in [2.24, 2.45) is 9.98 Å². The summed E-state index contributed by atoms with van der Waals surface area (Å²) in [6.07, 6.45) is 2.69. The molecule has 9 heteroatoms. The maximum Gasteiger partial charge on any atom is 0.240 e. The number of carbonyl (C=O) groups excluding carboxylic acids is 2. The van der Waals surface area contributed by atoms with Gasteiger partial charge in [0.05, 0.1) is 24.0 Å². The van der Waals surface area contributed by atoms with E-state index in [1.54, 1.807) is 0 Å². The molecule has 0 fully saturated rings. The molecule has 128 valence electrons. The predicted octanol–water partition coefficient (Wildman–Crippen LogP) is 2.47. The van der Waals surface area contributed by atoms with E-state index < -0.39 is 9.84 Å². The number of hydrogen-bond donors (Lipinski definition) is 0. The van der Waals surface area contributed by atoms with Crippen LogP contribution in [0.5, 0.6) is 11.5 Å². The third-order valence-electron chi connectivity index (χ3n) is 3.25. The third kappa shape index (κ3) is 3.64. The predicted molar refractivity (Wildman–Crippen MR) is 87.0 cm³/mol. The molecule has 0 bridgehead atoms. The minimum atomic E-state index is -3.96. The molecular formula is C16H12N2O6S. The fourth-order valence-corrected chi connectivity index (χ4v) is 3.38. The van der Waals surface area contributed by atoms with Gasteiger partial charge in [0, 0.05) is 0 Å². The minimum absolute atomic E-state index is 0.0261. The lowest BCUT2D eigenvalue weighted by Gasteiger charge is -2.10. The number of rotatable bonds is 6. The molecule has 2 aromatic carbocycles. The van der Waals surface area contributed by atoms with Gasteiger partial charge in [0.1, 0.15) is 22.9 Å². The van der Waals surface area contributed by atoms with Gasteiger partial charge in [0.25, 0.3) is 0 Å². The second-order valence-corrected chi connectivity index (χ2v) is 6.53. The number of hydrogen-bond acceptors (Lipinski definition) is 8. The van der Waals surface area contributed by atoms with Crippen molar-refractivity contribution in [3.63, 3.8) is 0 Å². The summed E-state index contributed by atoms with van der Waals surface area (Å²) >= 11 is 0. The highest BCUT2D eigenvalue weighted by atomic mass is 32.2. The van der Waals surface area contributed by atoms with Crippen LogP contribution in [0.1, 0.15) is 0 Å². The van der Waals surface area contributed by atoms with E-state index >= 15 is 0 Å². The van der Waals surface area contributed by atoms with Crippen molar-refractivity contribution in [1.82, 2.24) is 0 Å². The summed E-state index contributed by atoms with van der Waals surface area (Å²) in [4.78, 5) is 27.6. The van der Waals surface area contributed by atoms with Crippen molar-refractivity contribution in [3.8, 4) is 11.5 Å². The summed E-state index contributed by atoms with van der Waals surface area (Å²) in [6.45, 7) is 0. The number of sulfone groups is 1. The maximum atomic E-state index is 12.8. The molecule has 0 saturated carbocycles. The van der Waals surface area contributed by atoms with Gasteiger partial charge >= 0.3 is 0 Å². The van der Waals surface area contributed by atoms with Crippen molar-refractivity contribution in [2.75, 3.05) is 14.2 Å². The molecule has 0 aliphatic heterocycles. The van der Waals surface area contributed by atoms with E-state index in [9.17, 15) is 18.0 Å². The molecule has 0 amide bonds. The standard InChI is InChI=1S/C16H12N2O6S/c1-23-15-5-3-11(7-13(15)17-9-19)25(21,22)12-4-6-16(24-2)14(8-12)18-10-20/h3-8H,1-2H3. The van der Waals surface area contributed by atoms with E-state index in [1.807, 2.05) is 0 Å².